The van der Waals surface area contributed by atoms with Crippen molar-refractivity contribution in [3.05, 3.63) is 0 Å². The molecule has 3 heteroatoms. The summed E-state index contributed by atoms with van der Waals surface area (Å²) in [6.45, 7) is 2.86. The molecule has 1 saturated carbocycles. The van der Waals surface area contributed by atoms with Crippen LogP contribution in [0.15, 0.2) is 0 Å². The predicted octanol–water partition coefficient (Wildman–Crippen LogP) is 0.489. The first-order valence-corrected chi connectivity index (χ1v) is 5.98. The molecule has 14 heavy (non-hydrogen) atoms. The van der Waals surface area contributed by atoms with E-state index in [1.807, 2.05) is 0 Å². The van der Waals surface area contributed by atoms with E-state index in [0.717, 1.165) is 32.1 Å². The summed E-state index contributed by atoms with van der Waals surface area (Å²) in [5.74, 6) is 0.476. The molecule has 1 aliphatic heterocycles. The minimum absolute atomic E-state index is 0.111. The number of rotatable bonds is 4. The van der Waals surface area contributed by atoms with Gasteiger partial charge in [0, 0.05) is 19.1 Å². The second-order valence-corrected chi connectivity index (χ2v) is 4.71. The van der Waals surface area contributed by atoms with Crippen molar-refractivity contribution in [2.75, 3.05) is 19.6 Å². The Kier molecular flexibility index (Phi) is 3.79. The van der Waals surface area contributed by atoms with Gasteiger partial charge in [0.15, 0.2) is 0 Å². The van der Waals surface area contributed by atoms with Crippen molar-refractivity contribution < 1.29 is 5.11 Å². The van der Waals surface area contributed by atoms with Gasteiger partial charge in [0.1, 0.15) is 0 Å². The summed E-state index contributed by atoms with van der Waals surface area (Å²) in [4.78, 5) is 0. The maximum atomic E-state index is 9.59. The second-order valence-electron chi connectivity index (χ2n) is 4.71. The van der Waals surface area contributed by atoms with Crippen LogP contribution in [0.4, 0.5) is 0 Å². The quantitative estimate of drug-likeness (QED) is 0.616. The topological polar surface area (TPSA) is 44.3 Å². The smallest absolute Gasteiger partial charge is 0.0705 e. The van der Waals surface area contributed by atoms with Gasteiger partial charge in [-0.05, 0) is 31.7 Å². The van der Waals surface area contributed by atoms with Gasteiger partial charge >= 0.3 is 0 Å². The molecule has 0 aromatic carbocycles. The fourth-order valence-electron chi connectivity index (χ4n) is 2.62. The molecule has 2 rings (SSSR count). The second kappa shape index (κ2) is 5.10. The first-order valence-electron chi connectivity index (χ1n) is 5.98. The predicted molar refractivity (Wildman–Crippen MR) is 57.2 cm³/mol. The monoisotopic (exact) mass is 198 g/mol. The number of hydrogen-bond acceptors (Lipinski definition) is 3. The van der Waals surface area contributed by atoms with Gasteiger partial charge in [-0.2, -0.15) is 0 Å². The van der Waals surface area contributed by atoms with Gasteiger partial charge < -0.3 is 15.7 Å². The van der Waals surface area contributed by atoms with Gasteiger partial charge in [0.2, 0.25) is 0 Å². The molecule has 0 radical (unpaired) electrons. The zero-order valence-electron chi connectivity index (χ0n) is 8.84. The van der Waals surface area contributed by atoms with Crippen LogP contribution in [0.3, 0.4) is 0 Å². The Morgan fingerprint density at radius 2 is 2.00 bits per heavy atom. The van der Waals surface area contributed by atoms with Crippen molar-refractivity contribution >= 4 is 0 Å². The Balaban J connectivity index is 1.57. The van der Waals surface area contributed by atoms with Crippen LogP contribution in [-0.2, 0) is 0 Å². The van der Waals surface area contributed by atoms with E-state index in [2.05, 4.69) is 10.6 Å². The van der Waals surface area contributed by atoms with Crippen molar-refractivity contribution in [3.63, 3.8) is 0 Å². The van der Waals surface area contributed by atoms with Gasteiger partial charge in [-0.15, -0.1) is 0 Å². The Morgan fingerprint density at radius 3 is 2.64 bits per heavy atom. The van der Waals surface area contributed by atoms with Crippen LogP contribution < -0.4 is 10.6 Å². The van der Waals surface area contributed by atoms with Gasteiger partial charge in [0.05, 0.1) is 6.10 Å². The van der Waals surface area contributed by atoms with Gasteiger partial charge in [-0.3, -0.25) is 0 Å². The standard InChI is InChI=1S/C11H22N2O/c14-11-8-12-7-9(11)5-6-13-10-3-1-2-4-10/h9-14H,1-8H2/t9-,11-/m0/s1. The molecule has 1 saturated heterocycles. The average Bonchev–Trinajstić information content (AvgIpc) is 2.78. The summed E-state index contributed by atoms with van der Waals surface area (Å²) in [5, 5.41) is 16.4. The van der Waals surface area contributed by atoms with Crippen molar-refractivity contribution in [1.82, 2.24) is 10.6 Å². The van der Waals surface area contributed by atoms with E-state index in [9.17, 15) is 5.11 Å². The molecular formula is C11H22N2O. The van der Waals surface area contributed by atoms with Crippen molar-refractivity contribution in [1.29, 1.82) is 0 Å². The number of β-amino-alcohol motifs (C(OH)–C–C–N with tert-alkyl or cyclic N) is 1. The van der Waals surface area contributed by atoms with E-state index in [1.54, 1.807) is 0 Å². The molecule has 82 valence electrons. The Bertz CT molecular complexity index is 169. The molecule has 3 N–H and O–H groups in total. The molecule has 0 aromatic rings. The van der Waals surface area contributed by atoms with Crippen molar-refractivity contribution in [2.24, 2.45) is 5.92 Å². The molecule has 2 aliphatic rings. The molecule has 0 aromatic heterocycles. The van der Waals surface area contributed by atoms with Crippen LogP contribution >= 0.6 is 0 Å². The molecule has 2 atom stereocenters. The van der Waals surface area contributed by atoms with E-state index in [1.165, 1.54) is 25.7 Å². The Hall–Kier alpha value is -0.120. The lowest BCUT2D eigenvalue weighted by atomic mass is 10.0. The molecule has 0 amide bonds. The van der Waals surface area contributed by atoms with Crippen LogP contribution in [0.2, 0.25) is 0 Å². The number of nitrogens with one attached hydrogen (secondary N) is 2. The van der Waals surface area contributed by atoms with E-state index in [4.69, 9.17) is 0 Å². The van der Waals surface area contributed by atoms with Crippen LogP contribution in [-0.4, -0.2) is 36.9 Å². The molecular weight excluding hydrogens is 176 g/mol. The van der Waals surface area contributed by atoms with E-state index in [-0.39, 0.29) is 6.10 Å². The minimum Gasteiger partial charge on any atom is -0.391 e. The zero-order chi connectivity index (χ0) is 9.80. The highest BCUT2D eigenvalue weighted by atomic mass is 16.3. The molecule has 0 unspecified atom stereocenters. The number of hydrogen-bond donors (Lipinski definition) is 3. The third-order valence-corrected chi connectivity index (χ3v) is 3.61. The summed E-state index contributed by atoms with van der Waals surface area (Å²) in [5.41, 5.74) is 0. The first-order chi connectivity index (χ1) is 6.86. The third-order valence-electron chi connectivity index (χ3n) is 3.61. The maximum Gasteiger partial charge on any atom is 0.0705 e. The summed E-state index contributed by atoms with van der Waals surface area (Å²) in [6.07, 6.45) is 6.50. The van der Waals surface area contributed by atoms with Crippen LogP contribution in [0.25, 0.3) is 0 Å². The van der Waals surface area contributed by atoms with Crippen molar-refractivity contribution in [3.8, 4) is 0 Å². The highest BCUT2D eigenvalue weighted by Gasteiger charge is 2.24. The van der Waals surface area contributed by atoms with E-state index in [0.29, 0.717) is 5.92 Å². The minimum atomic E-state index is -0.111. The van der Waals surface area contributed by atoms with E-state index >= 15 is 0 Å². The Morgan fingerprint density at radius 1 is 1.21 bits per heavy atom. The number of aliphatic hydroxyl groups excluding tert-OH is 1. The summed E-state index contributed by atoms with van der Waals surface area (Å²) >= 11 is 0. The lowest BCUT2D eigenvalue weighted by Crippen LogP contribution is -2.30. The summed E-state index contributed by atoms with van der Waals surface area (Å²) < 4.78 is 0. The SMILES string of the molecule is O[C@H]1CNC[C@@H]1CCNC1CCCC1. The van der Waals surface area contributed by atoms with E-state index < -0.39 is 0 Å². The fourth-order valence-corrected chi connectivity index (χ4v) is 2.62. The summed E-state index contributed by atoms with van der Waals surface area (Å²) in [6, 6.07) is 0.765. The largest absolute Gasteiger partial charge is 0.391 e. The first kappa shape index (κ1) is 10.4. The molecule has 2 fully saturated rings. The van der Waals surface area contributed by atoms with Crippen LogP contribution in [0.1, 0.15) is 32.1 Å². The highest BCUT2D eigenvalue weighted by Crippen LogP contribution is 2.18. The Labute approximate surface area is 86.3 Å². The van der Waals surface area contributed by atoms with Gasteiger partial charge in [0.25, 0.3) is 0 Å². The lowest BCUT2D eigenvalue weighted by molar-refractivity contribution is 0.142. The highest BCUT2D eigenvalue weighted by molar-refractivity contribution is 4.81. The molecule has 0 spiro atoms. The zero-order valence-corrected chi connectivity index (χ0v) is 8.84. The van der Waals surface area contributed by atoms with Crippen LogP contribution in [0, 0.1) is 5.92 Å². The van der Waals surface area contributed by atoms with Gasteiger partial charge in [-0.1, -0.05) is 12.8 Å². The van der Waals surface area contributed by atoms with Gasteiger partial charge in [-0.25, -0.2) is 0 Å². The normalized spacial score (nSPS) is 34.1. The van der Waals surface area contributed by atoms with Crippen LogP contribution in [0.5, 0.6) is 0 Å². The maximum absolute atomic E-state index is 9.59. The summed E-state index contributed by atoms with van der Waals surface area (Å²) in [7, 11) is 0. The molecule has 0 bridgehead atoms. The third kappa shape index (κ3) is 2.69. The number of aliphatic hydroxyl groups is 1. The fraction of sp³-hybridized carbons (Fsp3) is 1.00. The lowest BCUT2D eigenvalue weighted by Gasteiger charge is -2.16. The van der Waals surface area contributed by atoms with Crippen molar-refractivity contribution in [2.45, 2.75) is 44.2 Å². The molecule has 3 nitrogen and oxygen atoms in total. The average molecular weight is 198 g/mol. The molecule has 1 aliphatic carbocycles. The molecule has 1 heterocycles.